The zero-order chi connectivity index (χ0) is 10.6. The second-order valence-electron chi connectivity index (χ2n) is 5.33. The molecule has 0 aromatic heterocycles. The van der Waals surface area contributed by atoms with Crippen LogP contribution in [0.5, 0.6) is 0 Å². The number of hydrogen-bond donors (Lipinski definition) is 1. The quantitative estimate of drug-likeness (QED) is 0.789. The molecule has 1 nitrogen and oxygen atoms in total. The molecule has 0 amide bonds. The van der Waals surface area contributed by atoms with E-state index in [1.165, 1.54) is 63.0 Å². The molecular weight excluding hydrogens is 202 g/mol. The van der Waals surface area contributed by atoms with Gasteiger partial charge in [0.05, 0.1) is 0 Å². The van der Waals surface area contributed by atoms with Crippen molar-refractivity contribution in [3.63, 3.8) is 0 Å². The Balaban J connectivity index is 1.75. The molecule has 88 valence electrons. The van der Waals surface area contributed by atoms with Crippen LogP contribution in [0, 0.1) is 5.41 Å². The normalized spacial score (nSPS) is 27.0. The van der Waals surface area contributed by atoms with E-state index in [2.05, 4.69) is 24.0 Å². The zero-order valence-electron chi connectivity index (χ0n) is 10.1. The summed E-state index contributed by atoms with van der Waals surface area (Å²) in [6.45, 7) is 3.67. The summed E-state index contributed by atoms with van der Waals surface area (Å²) >= 11 is 2.12. The number of rotatable bonds is 4. The van der Waals surface area contributed by atoms with Crippen LogP contribution in [0.2, 0.25) is 0 Å². The van der Waals surface area contributed by atoms with Gasteiger partial charge in [-0.05, 0) is 49.0 Å². The Morgan fingerprint density at radius 3 is 2.47 bits per heavy atom. The van der Waals surface area contributed by atoms with Crippen molar-refractivity contribution in [2.45, 2.75) is 57.9 Å². The smallest absolute Gasteiger partial charge is 0.00830 e. The Kier molecular flexibility index (Phi) is 4.39. The van der Waals surface area contributed by atoms with Gasteiger partial charge in [0, 0.05) is 12.6 Å². The molecule has 0 aromatic rings. The summed E-state index contributed by atoms with van der Waals surface area (Å²) in [4.78, 5) is 0. The lowest BCUT2D eigenvalue weighted by atomic mass is 9.83. The fraction of sp³-hybridized carbons (Fsp3) is 1.00. The van der Waals surface area contributed by atoms with Gasteiger partial charge >= 0.3 is 0 Å². The number of hydrogen-bond acceptors (Lipinski definition) is 2. The molecule has 0 bridgehead atoms. The molecule has 0 radical (unpaired) electrons. The van der Waals surface area contributed by atoms with Gasteiger partial charge in [0.1, 0.15) is 0 Å². The van der Waals surface area contributed by atoms with E-state index in [1.807, 2.05) is 0 Å². The molecule has 15 heavy (non-hydrogen) atoms. The summed E-state index contributed by atoms with van der Waals surface area (Å²) in [6, 6.07) is 0.829. The van der Waals surface area contributed by atoms with E-state index in [-0.39, 0.29) is 0 Å². The Bertz CT molecular complexity index is 181. The molecule has 1 saturated carbocycles. The molecule has 0 unspecified atom stereocenters. The lowest BCUT2D eigenvalue weighted by Crippen LogP contribution is -2.40. The van der Waals surface area contributed by atoms with Crippen molar-refractivity contribution in [2.24, 2.45) is 5.41 Å². The van der Waals surface area contributed by atoms with Gasteiger partial charge in [-0.25, -0.2) is 0 Å². The average molecular weight is 227 g/mol. The Hall–Kier alpha value is 0.310. The molecule has 2 aliphatic rings. The van der Waals surface area contributed by atoms with Gasteiger partial charge in [-0.1, -0.05) is 19.8 Å². The third-order valence-corrected chi connectivity index (χ3v) is 5.45. The molecule has 0 spiro atoms. The van der Waals surface area contributed by atoms with E-state index in [4.69, 9.17) is 0 Å². The molecule has 0 aromatic carbocycles. The SMILES string of the molecule is CCC1(CNC2CCSCC2)CCCC1. The van der Waals surface area contributed by atoms with Crippen LogP contribution in [0.1, 0.15) is 51.9 Å². The number of thioether (sulfide) groups is 1. The van der Waals surface area contributed by atoms with E-state index in [0.717, 1.165) is 6.04 Å². The van der Waals surface area contributed by atoms with Crippen LogP contribution < -0.4 is 5.32 Å². The zero-order valence-corrected chi connectivity index (χ0v) is 10.9. The predicted molar refractivity (Wildman–Crippen MR) is 69.5 cm³/mol. The highest BCUT2D eigenvalue weighted by Crippen LogP contribution is 2.40. The van der Waals surface area contributed by atoms with Crippen molar-refractivity contribution >= 4 is 11.8 Å². The first-order valence-electron chi connectivity index (χ1n) is 6.66. The second-order valence-corrected chi connectivity index (χ2v) is 6.55. The Labute approximate surface area is 98.8 Å². The highest BCUT2D eigenvalue weighted by molar-refractivity contribution is 7.99. The van der Waals surface area contributed by atoms with Crippen molar-refractivity contribution in [2.75, 3.05) is 18.1 Å². The maximum Gasteiger partial charge on any atom is 0.00830 e. The van der Waals surface area contributed by atoms with Gasteiger partial charge in [-0.15, -0.1) is 0 Å². The van der Waals surface area contributed by atoms with Crippen molar-refractivity contribution < 1.29 is 0 Å². The van der Waals surface area contributed by atoms with E-state index >= 15 is 0 Å². The molecule has 1 heterocycles. The summed E-state index contributed by atoms with van der Waals surface area (Å²) in [5.74, 6) is 2.74. The summed E-state index contributed by atoms with van der Waals surface area (Å²) in [6.07, 6.45) is 10.0. The molecule has 1 aliphatic carbocycles. The molecule has 0 atom stereocenters. The first-order valence-corrected chi connectivity index (χ1v) is 7.81. The molecule has 1 aliphatic heterocycles. The standard InChI is InChI=1S/C13H25NS/c1-2-13(7-3-4-8-13)11-14-12-5-9-15-10-6-12/h12,14H,2-11H2,1H3. The first-order chi connectivity index (χ1) is 7.35. The fourth-order valence-electron chi connectivity index (χ4n) is 3.04. The molecular formula is C13H25NS. The monoisotopic (exact) mass is 227 g/mol. The van der Waals surface area contributed by atoms with Crippen LogP contribution in [-0.4, -0.2) is 24.1 Å². The van der Waals surface area contributed by atoms with Gasteiger partial charge in [0.2, 0.25) is 0 Å². The van der Waals surface area contributed by atoms with Gasteiger partial charge in [0.15, 0.2) is 0 Å². The van der Waals surface area contributed by atoms with E-state index < -0.39 is 0 Å². The van der Waals surface area contributed by atoms with Crippen molar-refractivity contribution in [1.82, 2.24) is 5.32 Å². The Morgan fingerprint density at radius 1 is 1.20 bits per heavy atom. The van der Waals surface area contributed by atoms with E-state index in [1.54, 1.807) is 0 Å². The lowest BCUT2D eigenvalue weighted by Gasteiger charge is -2.32. The van der Waals surface area contributed by atoms with Crippen LogP contribution in [0.15, 0.2) is 0 Å². The topological polar surface area (TPSA) is 12.0 Å². The minimum absolute atomic E-state index is 0.671. The summed E-state index contributed by atoms with van der Waals surface area (Å²) < 4.78 is 0. The van der Waals surface area contributed by atoms with Crippen LogP contribution in [0.25, 0.3) is 0 Å². The lowest BCUT2D eigenvalue weighted by molar-refractivity contribution is 0.252. The Morgan fingerprint density at radius 2 is 1.87 bits per heavy atom. The van der Waals surface area contributed by atoms with E-state index in [0.29, 0.717) is 5.41 Å². The van der Waals surface area contributed by atoms with Crippen molar-refractivity contribution in [3.05, 3.63) is 0 Å². The van der Waals surface area contributed by atoms with Crippen molar-refractivity contribution in [1.29, 1.82) is 0 Å². The van der Waals surface area contributed by atoms with Gasteiger partial charge in [-0.2, -0.15) is 11.8 Å². The van der Waals surface area contributed by atoms with E-state index in [9.17, 15) is 0 Å². The van der Waals surface area contributed by atoms with Crippen LogP contribution in [0.3, 0.4) is 0 Å². The second kappa shape index (κ2) is 5.58. The first kappa shape index (κ1) is 11.8. The fourth-order valence-corrected chi connectivity index (χ4v) is 4.15. The minimum Gasteiger partial charge on any atom is -0.313 e. The third-order valence-electron chi connectivity index (χ3n) is 4.40. The third kappa shape index (κ3) is 3.13. The molecule has 2 heteroatoms. The highest BCUT2D eigenvalue weighted by Gasteiger charge is 2.32. The van der Waals surface area contributed by atoms with Gasteiger partial charge in [0.25, 0.3) is 0 Å². The predicted octanol–water partition coefficient (Wildman–Crippen LogP) is 3.44. The highest BCUT2D eigenvalue weighted by atomic mass is 32.2. The molecule has 2 fully saturated rings. The molecule has 2 rings (SSSR count). The number of nitrogens with one attached hydrogen (secondary N) is 1. The van der Waals surface area contributed by atoms with Crippen molar-refractivity contribution in [3.8, 4) is 0 Å². The molecule has 1 saturated heterocycles. The van der Waals surface area contributed by atoms with Crippen LogP contribution in [0.4, 0.5) is 0 Å². The van der Waals surface area contributed by atoms with Gasteiger partial charge in [-0.3, -0.25) is 0 Å². The largest absolute Gasteiger partial charge is 0.313 e. The van der Waals surface area contributed by atoms with Gasteiger partial charge < -0.3 is 5.32 Å². The summed E-state index contributed by atoms with van der Waals surface area (Å²) in [5, 5.41) is 3.84. The average Bonchev–Trinajstić information content (AvgIpc) is 2.77. The van der Waals surface area contributed by atoms with Crippen LogP contribution >= 0.6 is 11.8 Å². The summed E-state index contributed by atoms with van der Waals surface area (Å²) in [7, 11) is 0. The van der Waals surface area contributed by atoms with Crippen LogP contribution in [-0.2, 0) is 0 Å². The maximum atomic E-state index is 3.84. The molecule has 1 N–H and O–H groups in total. The maximum absolute atomic E-state index is 3.84. The summed E-state index contributed by atoms with van der Waals surface area (Å²) in [5.41, 5.74) is 0.671. The minimum atomic E-state index is 0.671.